The number of aryl methyl sites for hydroxylation is 1. The van der Waals surface area contributed by atoms with Crippen molar-refractivity contribution >= 4 is 28.8 Å². The van der Waals surface area contributed by atoms with Crippen LogP contribution in [0.3, 0.4) is 0 Å². The number of fused-ring (bicyclic) bond motifs is 1. The zero-order valence-corrected chi connectivity index (χ0v) is 13.3. The van der Waals surface area contributed by atoms with E-state index in [0.29, 0.717) is 0 Å². The van der Waals surface area contributed by atoms with E-state index in [1.54, 1.807) is 0 Å². The Morgan fingerprint density at radius 3 is 2.86 bits per heavy atom. The second kappa shape index (κ2) is 6.85. The number of carboxylic acid groups (broad SMARTS) is 1. The number of thioether (sulfide) groups is 1. The van der Waals surface area contributed by atoms with Crippen LogP contribution in [0.25, 0.3) is 11.0 Å². The molecule has 0 fully saturated rings. The Morgan fingerprint density at radius 1 is 1.48 bits per heavy atom. The number of ether oxygens (including phenoxy) is 1. The molecule has 1 aromatic heterocycles. The average Bonchev–Trinajstić information content (AvgIpc) is 2.76. The van der Waals surface area contributed by atoms with Gasteiger partial charge in [-0.1, -0.05) is 24.8 Å². The number of carboxylic acids is 1. The molecule has 0 aliphatic heterocycles. The van der Waals surface area contributed by atoms with Gasteiger partial charge in [0.05, 0.1) is 17.4 Å². The normalized spacial score (nSPS) is 11.2. The lowest BCUT2D eigenvalue weighted by Crippen LogP contribution is -2.05. The Morgan fingerprint density at radius 2 is 2.24 bits per heavy atom. The molecule has 0 saturated heterocycles. The minimum absolute atomic E-state index is 0.00735. The van der Waals surface area contributed by atoms with E-state index >= 15 is 0 Å². The molecule has 0 radical (unpaired) electrons. The molecule has 5 nitrogen and oxygen atoms in total. The van der Waals surface area contributed by atoms with Crippen molar-refractivity contribution in [3.8, 4) is 5.75 Å². The van der Waals surface area contributed by atoms with Gasteiger partial charge in [0.15, 0.2) is 5.16 Å². The fourth-order valence-electron chi connectivity index (χ4n) is 2.13. The molecule has 1 N–H and O–H groups in total. The predicted octanol–water partition coefficient (Wildman–Crippen LogP) is 3.41. The third-order valence-corrected chi connectivity index (χ3v) is 3.80. The standard InChI is InChI=1S/C15H20N2O3S/c1-4-8-17-11-6-5-7-12(20-10(2)3)14(11)16-15(17)21-9-13(18)19/h5-7,10H,4,8-9H2,1-3H3,(H,18,19). The van der Waals surface area contributed by atoms with Gasteiger partial charge in [-0.05, 0) is 32.4 Å². The smallest absolute Gasteiger partial charge is 0.313 e. The third-order valence-electron chi connectivity index (χ3n) is 2.84. The fraction of sp³-hybridized carbons (Fsp3) is 0.467. The second-order valence-electron chi connectivity index (χ2n) is 5.02. The van der Waals surface area contributed by atoms with Gasteiger partial charge in [0.1, 0.15) is 11.3 Å². The number of aliphatic carboxylic acids is 1. The van der Waals surface area contributed by atoms with Gasteiger partial charge in [0, 0.05) is 6.54 Å². The van der Waals surface area contributed by atoms with Crippen LogP contribution in [0.5, 0.6) is 5.75 Å². The molecule has 2 aromatic rings. The maximum atomic E-state index is 10.8. The Bertz CT molecular complexity index is 637. The van der Waals surface area contributed by atoms with Crippen molar-refractivity contribution in [3.05, 3.63) is 18.2 Å². The molecule has 0 unspecified atom stereocenters. The van der Waals surface area contributed by atoms with Crippen LogP contribution in [-0.2, 0) is 11.3 Å². The van der Waals surface area contributed by atoms with Crippen LogP contribution in [0, 0.1) is 0 Å². The Balaban J connectivity index is 2.47. The van der Waals surface area contributed by atoms with E-state index in [0.717, 1.165) is 34.9 Å². The molecule has 21 heavy (non-hydrogen) atoms. The summed E-state index contributed by atoms with van der Waals surface area (Å²) in [6, 6.07) is 5.84. The molecule has 0 bridgehead atoms. The molecule has 6 heteroatoms. The molecule has 0 spiro atoms. The highest BCUT2D eigenvalue weighted by Gasteiger charge is 2.15. The predicted molar refractivity (Wildman–Crippen MR) is 84.1 cm³/mol. The first kappa shape index (κ1) is 15.7. The Kier molecular flexibility index (Phi) is 5.12. The van der Waals surface area contributed by atoms with Crippen LogP contribution in [0.1, 0.15) is 27.2 Å². The zero-order chi connectivity index (χ0) is 15.4. The second-order valence-corrected chi connectivity index (χ2v) is 5.96. The molecule has 114 valence electrons. The largest absolute Gasteiger partial charge is 0.489 e. The maximum Gasteiger partial charge on any atom is 0.313 e. The zero-order valence-electron chi connectivity index (χ0n) is 12.5. The van der Waals surface area contributed by atoms with E-state index in [9.17, 15) is 4.79 Å². The van der Waals surface area contributed by atoms with Crippen LogP contribution in [-0.4, -0.2) is 32.5 Å². The highest BCUT2D eigenvalue weighted by Crippen LogP contribution is 2.30. The van der Waals surface area contributed by atoms with Crippen LogP contribution in [0.2, 0.25) is 0 Å². The quantitative estimate of drug-likeness (QED) is 0.794. The number of hydrogen-bond acceptors (Lipinski definition) is 4. The van der Waals surface area contributed by atoms with Gasteiger partial charge in [0.25, 0.3) is 0 Å². The fourth-order valence-corrected chi connectivity index (χ4v) is 2.88. The lowest BCUT2D eigenvalue weighted by Gasteiger charge is -2.10. The van der Waals surface area contributed by atoms with Crippen LogP contribution in [0.15, 0.2) is 23.4 Å². The number of aromatic nitrogens is 2. The molecule has 1 heterocycles. The van der Waals surface area contributed by atoms with Crippen LogP contribution < -0.4 is 4.74 Å². The van der Waals surface area contributed by atoms with Gasteiger partial charge in [-0.2, -0.15) is 0 Å². The first-order valence-electron chi connectivity index (χ1n) is 7.03. The Labute approximate surface area is 128 Å². The maximum absolute atomic E-state index is 10.8. The van der Waals surface area contributed by atoms with E-state index in [1.807, 2.05) is 32.0 Å². The van der Waals surface area contributed by atoms with Crippen molar-refractivity contribution in [1.29, 1.82) is 0 Å². The van der Waals surface area contributed by atoms with Gasteiger partial charge in [-0.15, -0.1) is 0 Å². The summed E-state index contributed by atoms with van der Waals surface area (Å²) in [5.41, 5.74) is 1.79. The van der Waals surface area contributed by atoms with E-state index in [1.165, 1.54) is 11.8 Å². The van der Waals surface area contributed by atoms with E-state index in [-0.39, 0.29) is 11.9 Å². The van der Waals surface area contributed by atoms with E-state index in [2.05, 4.69) is 16.5 Å². The number of hydrogen-bond donors (Lipinski definition) is 1. The topological polar surface area (TPSA) is 64.4 Å². The van der Waals surface area contributed by atoms with Gasteiger partial charge in [0.2, 0.25) is 0 Å². The third kappa shape index (κ3) is 3.69. The Hall–Kier alpha value is -1.69. The van der Waals surface area contributed by atoms with E-state index in [4.69, 9.17) is 9.84 Å². The van der Waals surface area contributed by atoms with Crippen molar-refractivity contribution in [3.63, 3.8) is 0 Å². The lowest BCUT2D eigenvalue weighted by molar-refractivity contribution is -0.133. The molecule has 0 amide bonds. The minimum atomic E-state index is -0.839. The first-order chi connectivity index (χ1) is 10.0. The molecule has 2 rings (SSSR count). The molecule has 0 aliphatic carbocycles. The van der Waals surface area contributed by atoms with Gasteiger partial charge in [-0.25, -0.2) is 4.98 Å². The highest BCUT2D eigenvalue weighted by atomic mass is 32.2. The summed E-state index contributed by atoms with van der Waals surface area (Å²) in [6.45, 7) is 6.85. The average molecular weight is 308 g/mol. The number of imidazole rings is 1. The van der Waals surface area contributed by atoms with Crippen molar-refractivity contribution in [1.82, 2.24) is 9.55 Å². The molecule has 0 saturated carbocycles. The summed E-state index contributed by atoms with van der Waals surface area (Å²) in [6.07, 6.45) is 1.03. The van der Waals surface area contributed by atoms with Crippen molar-refractivity contribution in [2.24, 2.45) is 0 Å². The summed E-state index contributed by atoms with van der Waals surface area (Å²) in [5, 5.41) is 9.59. The minimum Gasteiger partial charge on any atom is -0.489 e. The number of para-hydroxylation sites is 1. The summed E-state index contributed by atoms with van der Waals surface area (Å²) < 4.78 is 7.86. The number of benzene rings is 1. The van der Waals surface area contributed by atoms with Gasteiger partial charge in [-0.3, -0.25) is 4.79 Å². The number of carbonyl (C=O) groups is 1. The molecule has 1 aromatic carbocycles. The van der Waals surface area contributed by atoms with Crippen LogP contribution in [0.4, 0.5) is 0 Å². The molecular formula is C15H20N2O3S. The van der Waals surface area contributed by atoms with Gasteiger partial charge >= 0.3 is 5.97 Å². The molecule has 0 atom stereocenters. The highest BCUT2D eigenvalue weighted by molar-refractivity contribution is 7.99. The SMILES string of the molecule is CCCn1c(SCC(=O)O)nc2c(OC(C)C)cccc21. The summed E-state index contributed by atoms with van der Waals surface area (Å²) >= 11 is 1.25. The molecule has 0 aliphatic rings. The van der Waals surface area contributed by atoms with E-state index < -0.39 is 5.97 Å². The van der Waals surface area contributed by atoms with Crippen molar-refractivity contribution in [2.45, 2.75) is 45.0 Å². The van der Waals surface area contributed by atoms with Gasteiger partial charge < -0.3 is 14.4 Å². The first-order valence-corrected chi connectivity index (χ1v) is 8.02. The lowest BCUT2D eigenvalue weighted by atomic mass is 10.3. The van der Waals surface area contributed by atoms with Crippen LogP contribution >= 0.6 is 11.8 Å². The summed E-state index contributed by atoms with van der Waals surface area (Å²) in [5.74, 6) is -0.0868. The monoisotopic (exact) mass is 308 g/mol. The number of rotatable bonds is 7. The van der Waals surface area contributed by atoms with Crippen molar-refractivity contribution < 1.29 is 14.6 Å². The number of nitrogens with zero attached hydrogens (tertiary/aromatic N) is 2. The van der Waals surface area contributed by atoms with Crippen molar-refractivity contribution in [2.75, 3.05) is 5.75 Å². The summed E-state index contributed by atoms with van der Waals surface area (Å²) in [4.78, 5) is 15.4. The summed E-state index contributed by atoms with van der Waals surface area (Å²) in [7, 11) is 0. The molecular weight excluding hydrogens is 288 g/mol.